The third-order valence-electron chi connectivity index (χ3n) is 1.89. The first kappa shape index (κ1) is 12.3. The van der Waals surface area contributed by atoms with Crippen LogP contribution in [-0.2, 0) is 0 Å². The summed E-state index contributed by atoms with van der Waals surface area (Å²) >= 11 is 7.97. The van der Waals surface area contributed by atoms with Gasteiger partial charge >= 0.3 is 6.01 Å². The predicted octanol–water partition coefficient (Wildman–Crippen LogP) is 2.88. The largest absolute Gasteiger partial charge is 0.467 e. The summed E-state index contributed by atoms with van der Waals surface area (Å²) in [5, 5.41) is 3.14. The molecule has 0 bridgehead atoms. The SMILES string of the molecule is COc1nc(Cl)nc(Nc2ccccc2I)n1. The van der Waals surface area contributed by atoms with Gasteiger partial charge in [0.1, 0.15) is 0 Å². The highest BCUT2D eigenvalue weighted by molar-refractivity contribution is 14.1. The van der Waals surface area contributed by atoms with Crippen molar-refractivity contribution in [1.82, 2.24) is 15.0 Å². The van der Waals surface area contributed by atoms with Gasteiger partial charge < -0.3 is 10.1 Å². The Labute approximate surface area is 117 Å². The van der Waals surface area contributed by atoms with E-state index in [0.717, 1.165) is 9.26 Å². The molecule has 0 aliphatic rings. The molecule has 1 aromatic carbocycles. The number of nitrogens with one attached hydrogen (secondary N) is 1. The van der Waals surface area contributed by atoms with E-state index in [-0.39, 0.29) is 11.3 Å². The van der Waals surface area contributed by atoms with Crippen molar-refractivity contribution in [3.8, 4) is 6.01 Å². The molecule has 1 aromatic heterocycles. The Kier molecular flexibility index (Phi) is 3.95. The average molecular weight is 363 g/mol. The van der Waals surface area contributed by atoms with Gasteiger partial charge in [-0.15, -0.1) is 0 Å². The van der Waals surface area contributed by atoms with Crippen LogP contribution in [0.5, 0.6) is 6.01 Å². The zero-order valence-corrected chi connectivity index (χ0v) is 11.7. The van der Waals surface area contributed by atoms with Gasteiger partial charge in [-0.05, 0) is 46.3 Å². The van der Waals surface area contributed by atoms with E-state index in [1.165, 1.54) is 7.11 Å². The summed E-state index contributed by atoms with van der Waals surface area (Å²) in [7, 11) is 1.47. The molecule has 0 aliphatic heterocycles. The maximum absolute atomic E-state index is 5.75. The molecule has 2 rings (SSSR count). The van der Waals surface area contributed by atoms with Crippen LogP contribution in [0.15, 0.2) is 24.3 Å². The second-order valence-corrected chi connectivity index (χ2v) is 4.52. The maximum atomic E-state index is 5.75. The van der Waals surface area contributed by atoms with Crippen LogP contribution >= 0.6 is 34.2 Å². The second kappa shape index (κ2) is 5.46. The summed E-state index contributed by atoms with van der Waals surface area (Å²) in [6.45, 7) is 0. The minimum Gasteiger partial charge on any atom is -0.467 e. The summed E-state index contributed by atoms with van der Waals surface area (Å²) in [5.74, 6) is 0.353. The number of hydrogen-bond donors (Lipinski definition) is 1. The number of aromatic nitrogens is 3. The van der Waals surface area contributed by atoms with Crippen LogP contribution in [-0.4, -0.2) is 22.1 Å². The molecule has 7 heteroatoms. The first-order valence-corrected chi connectivity index (χ1v) is 6.12. The number of rotatable bonds is 3. The van der Waals surface area contributed by atoms with Gasteiger partial charge in [-0.3, -0.25) is 0 Å². The number of nitrogens with zero attached hydrogens (tertiary/aromatic N) is 3. The van der Waals surface area contributed by atoms with E-state index in [9.17, 15) is 0 Å². The van der Waals surface area contributed by atoms with Crippen LogP contribution in [0.2, 0.25) is 5.28 Å². The number of para-hydroxylation sites is 1. The molecule has 0 saturated carbocycles. The van der Waals surface area contributed by atoms with Crippen LogP contribution in [0, 0.1) is 3.57 Å². The van der Waals surface area contributed by atoms with Gasteiger partial charge in [0, 0.05) is 3.57 Å². The molecule has 0 atom stereocenters. The van der Waals surface area contributed by atoms with Crippen molar-refractivity contribution in [1.29, 1.82) is 0 Å². The van der Waals surface area contributed by atoms with Gasteiger partial charge in [0.25, 0.3) is 0 Å². The van der Waals surface area contributed by atoms with E-state index >= 15 is 0 Å². The van der Waals surface area contributed by atoms with Gasteiger partial charge in [-0.1, -0.05) is 12.1 Å². The smallest absolute Gasteiger partial charge is 0.322 e. The lowest BCUT2D eigenvalue weighted by atomic mass is 10.3. The molecular formula is C10H8ClIN4O. The number of hydrogen-bond acceptors (Lipinski definition) is 5. The molecule has 0 radical (unpaired) electrons. The van der Waals surface area contributed by atoms with E-state index in [4.69, 9.17) is 16.3 Å². The van der Waals surface area contributed by atoms with Crippen molar-refractivity contribution in [3.63, 3.8) is 0 Å². The number of ether oxygens (including phenoxy) is 1. The van der Waals surface area contributed by atoms with Crippen molar-refractivity contribution in [2.75, 3.05) is 12.4 Å². The molecule has 0 amide bonds. The molecule has 88 valence electrons. The van der Waals surface area contributed by atoms with Gasteiger partial charge in [-0.2, -0.15) is 15.0 Å². The Balaban J connectivity index is 2.30. The minimum absolute atomic E-state index is 0.0882. The highest BCUT2D eigenvalue weighted by atomic mass is 127. The molecule has 0 fully saturated rings. The van der Waals surface area contributed by atoms with E-state index in [1.54, 1.807) is 0 Å². The third kappa shape index (κ3) is 3.16. The Morgan fingerprint density at radius 3 is 2.71 bits per heavy atom. The molecule has 0 unspecified atom stereocenters. The maximum Gasteiger partial charge on any atom is 0.322 e. The first-order chi connectivity index (χ1) is 8.19. The van der Waals surface area contributed by atoms with Crippen LogP contribution < -0.4 is 10.1 Å². The van der Waals surface area contributed by atoms with Gasteiger partial charge in [0.05, 0.1) is 12.8 Å². The monoisotopic (exact) mass is 362 g/mol. The quantitative estimate of drug-likeness (QED) is 0.851. The number of methoxy groups -OCH3 is 1. The Morgan fingerprint density at radius 1 is 1.24 bits per heavy atom. The number of benzene rings is 1. The minimum atomic E-state index is 0.0882. The van der Waals surface area contributed by atoms with Crippen LogP contribution in [0.1, 0.15) is 0 Å². The predicted molar refractivity (Wildman–Crippen MR) is 73.8 cm³/mol. The van der Waals surface area contributed by atoms with Crippen molar-refractivity contribution < 1.29 is 4.74 Å². The van der Waals surface area contributed by atoms with Gasteiger partial charge in [0.15, 0.2) is 0 Å². The topological polar surface area (TPSA) is 59.9 Å². The summed E-state index contributed by atoms with van der Waals surface area (Å²) in [6, 6.07) is 7.95. The van der Waals surface area contributed by atoms with Gasteiger partial charge in [-0.25, -0.2) is 0 Å². The number of anilines is 2. The van der Waals surface area contributed by atoms with E-state index in [1.807, 2.05) is 24.3 Å². The molecule has 17 heavy (non-hydrogen) atoms. The van der Waals surface area contributed by atoms with Crippen molar-refractivity contribution >= 4 is 45.8 Å². The van der Waals surface area contributed by atoms with E-state index in [2.05, 4.69) is 42.9 Å². The van der Waals surface area contributed by atoms with Gasteiger partial charge in [0.2, 0.25) is 11.2 Å². The Bertz CT molecular complexity index is 537. The summed E-state index contributed by atoms with van der Waals surface area (Å²) in [6.07, 6.45) is 0. The Morgan fingerprint density at radius 2 is 2.00 bits per heavy atom. The molecule has 0 aliphatic carbocycles. The lowest BCUT2D eigenvalue weighted by Gasteiger charge is -2.07. The molecule has 1 N–H and O–H groups in total. The Hall–Kier alpha value is -1.15. The van der Waals surface area contributed by atoms with E-state index in [0.29, 0.717) is 5.95 Å². The fraction of sp³-hybridized carbons (Fsp3) is 0.100. The molecule has 1 heterocycles. The number of halogens is 2. The summed E-state index contributed by atoms with van der Waals surface area (Å²) in [4.78, 5) is 11.8. The summed E-state index contributed by atoms with van der Waals surface area (Å²) in [5.41, 5.74) is 0.900. The molecular weight excluding hydrogens is 354 g/mol. The zero-order chi connectivity index (χ0) is 12.3. The molecule has 0 spiro atoms. The lowest BCUT2D eigenvalue weighted by Crippen LogP contribution is -2.02. The summed E-state index contributed by atoms with van der Waals surface area (Å²) < 4.78 is 5.97. The first-order valence-electron chi connectivity index (χ1n) is 4.66. The fourth-order valence-electron chi connectivity index (χ4n) is 1.16. The lowest BCUT2D eigenvalue weighted by molar-refractivity contribution is 0.379. The highest BCUT2D eigenvalue weighted by Crippen LogP contribution is 2.21. The van der Waals surface area contributed by atoms with Crippen molar-refractivity contribution in [3.05, 3.63) is 33.1 Å². The van der Waals surface area contributed by atoms with Crippen LogP contribution in [0.4, 0.5) is 11.6 Å². The molecule has 2 aromatic rings. The third-order valence-corrected chi connectivity index (χ3v) is 3.00. The van der Waals surface area contributed by atoms with Crippen molar-refractivity contribution in [2.24, 2.45) is 0 Å². The standard InChI is InChI=1S/C10H8ClIN4O/c1-17-10-15-8(11)14-9(16-10)13-7-5-3-2-4-6(7)12/h2-5H,1H3,(H,13,14,15,16). The van der Waals surface area contributed by atoms with Crippen LogP contribution in [0.3, 0.4) is 0 Å². The zero-order valence-electron chi connectivity index (χ0n) is 8.82. The second-order valence-electron chi connectivity index (χ2n) is 3.02. The molecule has 5 nitrogen and oxygen atoms in total. The fourth-order valence-corrected chi connectivity index (χ4v) is 1.84. The van der Waals surface area contributed by atoms with Crippen LogP contribution in [0.25, 0.3) is 0 Å². The highest BCUT2D eigenvalue weighted by Gasteiger charge is 2.06. The molecule has 0 saturated heterocycles. The normalized spacial score (nSPS) is 10.1. The van der Waals surface area contributed by atoms with Crippen molar-refractivity contribution in [2.45, 2.75) is 0 Å². The average Bonchev–Trinajstić information content (AvgIpc) is 2.31. The van der Waals surface area contributed by atoms with E-state index < -0.39 is 0 Å².